The highest BCUT2D eigenvalue weighted by molar-refractivity contribution is 7.99. The molecule has 0 fully saturated rings. The van der Waals surface area contributed by atoms with Gasteiger partial charge in [-0.15, -0.1) is 0 Å². The largest absolute Gasteiger partial charge is 0.399 e. The number of aromatic nitrogens is 2. The molecule has 1 aromatic heterocycles. The van der Waals surface area contributed by atoms with Crippen molar-refractivity contribution in [1.29, 1.82) is 0 Å². The summed E-state index contributed by atoms with van der Waals surface area (Å²) in [7, 11) is 0. The minimum absolute atomic E-state index is 0.539. The minimum atomic E-state index is 0.539. The van der Waals surface area contributed by atoms with Gasteiger partial charge in [0.05, 0.1) is 17.4 Å². The predicted octanol–water partition coefficient (Wildman–Crippen LogP) is 2.86. The van der Waals surface area contributed by atoms with Gasteiger partial charge >= 0.3 is 0 Å². The number of anilines is 1. The van der Waals surface area contributed by atoms with Crippen molar-refractivity contribution in [2.45, 2.75) is 10.1 Å². The van der Waals surface area contributed by atoms with Crippen LogP contribution in [-0.4, -0.2) is 9.97 Å². The Morgan fingerprint density at radius 3 is 2.27 bits per heavy atom. The Morgan fingerprint density at radius 2 is 1.67 bits per heavy atom. The molecule has 1 aromatic carbocycles. The van der Waals surface area contributed by atoms with Gasteiger partial charge in [0.15, 0.2) is 5.16 Å². The van der Waals surface area contributed by atoms with Crippen LogP contribution in [0.5, 0.6) is 0 Å². The molecule has 0 saturated heterocycles. The summed E-state index contributed by atoms with van der Waals surface area (Å²) in [6, 6.07) is 7.55. The number of nitrogens with zero attached hydrogens (tertiary/aromatic N) is 2. The van der Waals surface area contributed by atoms with E-state index in [-0.39, 0.29) is 0 Å². The first-order valence-corrected chi connectivity index (χ1v) is 5.44. The quantitative estimate of drug-likeness (QED) is 0.645. The number of nitrogen functional groups attached to an aromatic ring is 1. The summed E-state index contributed by atoms with van der Waals surface area (Å²) in [4.78, 5) is 9.22. The van der Waals surface area contributed by atoms with E-state index in [9.17, 15) is 0 Å². The normalized spacial score (nSPS) is 10.2. The molecule has 0 unspecified atom stereocenters. The zero-order chi connectivity index (χ0) is 10.7. The Bertz CT molecular complexity index is 398. The summed E-state index contributed by atoms with van der Waals surface area (Å²) in [6.45, 7) is 0. The van der Waals surface area contributed by atoms with E-state index in [1.165, 1.54) is 11.8 Å². The van der Waals surface area contributed by atoms with Gasteiger partial charge in [-0.1, -0.05) is 11.6 Å². The number of nitrogens with two attached hydrogens (primary N) is 1. The molecule has 5 heteroatoms. The molecule has 0 atom stereocenters. The van der Waals surface area contributed by atoms with Crippen molar-refractivity contribution >= 4 is 29.1 Å². The highest BCUT2D eigenvalue weighted by Gasteiger charge is 1.99. The molecule has 2 N–H and O–H groups in total. The highest BCUT2D eigenvalue weighted by Crippen LogP contribution is 2.25. The first kappa shape index (κ1) is 10.3. The van der Waals surface area contributed by atoms with Crippen molar-refractivity contribution in [3.63, 3.8) is 0 Å². The van der Waals surface area contributed by atoms with Crippen LogP contribution in [0.4, 0.5) is 5.69 Å². The molecule has 0 amide bonds. The van der Waals surface area contributed by atoms with Crippen molar-refractivity contribution in [2.75, 3.05) is 5.73 Å². The zero-order valence-corrected chi connectivity index (χ0v) is 9.29. The van der Waals surface area contributed by atoms with Crippen LogP contribution in [0.3, 0.4) is 0 Å². The van der Waals surface area contributed by atoms with E-state index in [0.717, 1.165) is 10.6 Å². The molecule has 0 saturated carbocycles. The molecule has 76 valence electrons. The third kappa shape index (κ3) is 2.84. The Hall–Kier alpha value is -1.26. The third-order valence-electron chi connectivity index (χ3n) is 1.69. The maximum Gasteiger partial charge on any atom is 0.192 e. The van der Waals surface area contributed by atoms with Crippen LogP contribution in [0.15, 0.2) is 46.7 Å². The Morgan fingerprint density at radius 1 is 1.07 bits per heavy atom. The van der Waals surface area contributed by atoms with E-state index in [1.807, 2.05) is 24.3 Å². The Balaban J connectivity index is 2.15. The summed E-state index contributed by atoms with van der Waals surface area (Å²) in [5, 5.41) is 1.21. The van der Waals surface area contributed by atoms with E-state index in [2.05, 4.69) is 9.97 Å². The van der Waals surface area contributed by atoms with Crippen molar-refractivity contribution < 1.29 is 0 Å². The first-order chi connectivity index (χ1) is 7.24. The lowest BCUT2D eigenvalue weighted by Gasteiger charge is -2.00. The Labute approximate surface area is 96.7 Å². The fourth-order valence-corrected chi connectivity index (χ4v) is 1.79. The van der Waals surface area contributed by atoms with Crippen molar-refractivity contribution in [2.24, 2.45) is 0 Å². The SMILES string of the molecule is Nc1ccc(Sc2ncc(Cl)cn2)cc1. The number of rotatable bonds is 2. The summed E-state index contributed by atoms with van der Waals surface area (Å²) in [5.41, 5.74) is 6.33. The second kappa shape index (κ2) is 4.51. The van der Waals surface area contributed by atoms with Crippen molar-refractivity contribution in [3.05, 3.63) is 41.7 Å². The van der Waals surface area contributed by atoms with Gasteiger partial charge in [0, 0.05) is 10.6 Å². The van der Waals surface area contributed by atoms with Gasteiger partial charge < -0.3 is 5.73 Å². The van der Waals surface area contributed by atoms with Gasteiger partial charge in [0.2, 0.25) is 0 Å². The number of hydrogen-bond donors (Lipinski definition) is 1. The molecule has 0 radical (unpaired) electrons. The monoisotopic (exact) mass is 237 g/mol. The van der Waals surface area contributed by atoms with Crippen LogP contribution in [0.1, 0.15) is 0 Å². The third-order valence-corrected chi connectivity index (χ3v) is 2.78. The molecule has 0 spiro atoms. The maximum absolute atomic E-state index is 5.68. The molecular formula is C10H8ClN3S. The average molecular weight is 238 g/mol. The van der Waals surface area contributed by atoms with Crippen LogP contribution in [0.2, 0.25) is 5.02 Å². The predicted molar refractivity (Wildman–Crippen MR) is 62.0 cm³/mol. The standard InChI is InChI=1S/C10H8ClN3S/c11-7-5-13-10(14-6-7)15-9-3-1-8(12)2-4-9/h1-6H,12H2. The second-order valence-corrected chi connectivity index (χ2v) is 4.33. The molecule has 2 rings (SSSR count). The van der Waals surface area contributed by atoms with Gasteiger partial charge in [-0.2, -0.15) is 0 Å². The summed E-state index contributed by atoms with van der Waals surface area (Å²) in [6.07, 6.45) is 3.16. The average Bonchev–Trinajstić information content (AvgIpc) is 2.25. The fourth-order valence-electron chi connectivity index (χ4n) is 0.994. The van der Waals surface area contributed by atoms with Crippen LogP contribution in [0, 0.1) is 0 Å². The lowest BCUT2D eigenvalue weighted by Crippen LogP contribution is -1.85. The number of hydrogen-bond acceptors (Lipinski definition) is 4. The lowest BCUT2D eigenvalue weighted by atomic mass is 10.3. The molecule has 0 aliphatic heterocycles. The lowest BCUT2D eigenvalue weighted by molar-refractivity contribution is 0.967. The molecule has 0 aliphatic rings. The van der Waals surface area contributed by atoms with Gasteiger partial charge in [0.25, 0.3) is 0 Å². The molecule has 3 nitrogen and oxygen atoms in total. The maximum atomic E-state index is 5.68. The van der Waals surface area contributed by atoms with Crippen LogP contribution in [0.25, 0.3) is 0 Å². The second-order valence-electron chi connectivity index (χ2n) is 2.85. The van der Waals surface area contributed by atoms with Crippen molar-refractivity contribution in [3.8, 4) is 0 Å². The minimum Gasteiger partial charge on any atom is -0.399 e. The molecule has 0 bridgehead atoms. The van der Waals surface area contributed by atoms with E-state index in [1.54, 1.807) is 12.4 Å². The molecular weight excluding hydrogens is 230 g/mol. The fraction of sp³-hybridized carbons (Fsp3) is 0. The van der Waals surface area contributed by atoms with Crippen LogP contribution < -0.4 is 5.73 Å². The number of halogens is 1. The summed E-state index contributed by atoms with van der Waals surface area (Å²) in [5.74, 6) is 0. The molecule has 2 aromatic rings. The molecule has 15 heavy (non-hydrogen) atoms. The first-order valence-electron chi connectivity index (χ1n) is 4.25. The summed E-state index contributed by atoms with van der Waals surface area (Å²) < 4.78 is 0. The molecule has 1 heterocycles. The zero-order valence-electron chi connectivity index (χ0n) is 7.72. The van der Waals surface area contributed by atoms with Gasteiger partial charge in [-0.05, 0) is 36.0 Å². The van der Waals surface area contributed by atoms with E-state index >= 15 is 0 Å². The van der Waals surface area contributed by atoms with E-state index in [4.69, 9.17) is 17.3 Å². The topological polar surface area (TPSA) is 51.8 Å². The Kier molecular flexibility index (Phi) is 3.08. The number of benzene rings is 1. The van der Waals surface area contributed by atoms with Crippen LogP contribution in [-0.2, 0) is 0 Å². The van der Waals surface area contributed by atoms with E-state index < -0.39 is 0 Å². The van der Waals surface area contributed by atoms with Gasteiger partial charge in [0.1, 0.15) is 0 Å². The smallest absolute Gasteiger partial charge is 0.192 e. The van der Waals surface area contributed by atoms with Gasteiger partial charge in [-0.25, -0.2) is 9.97 Å². The summed E-state index contributed by atoms with van der Waals surface area (Å²) >= 11 is 7.15. The van der Waals surface area contributed by atoms with E-state index in [0.29, 0.717) is 10.2 Å². The molecule has 0 aliphatic carbocycles. The van der Waals surface area contributed by atoms with Crippen molar-refractivity contribution in [1.82, 2.24) is 9.97 Å². The highest BCUT2D eigenvalue weighted by atomic mass is 35.5. The van der Waals surface area contributed by atoms with Crippen LogP contribution >= 0.6 is 23.4 Å². The van der Waals surface area contributed by atoms with Gasteiger partial charge in [-0.3, -0.25) is 0 Å².